The quantitative estimate of drug-likeness (QED) is 0.789. The van der Waals surface area contributed by atoms with Crippen molar-refractivity contribution in [1.82, 2.24) is 0 Å². The molecule has 2 aromatic rings. The van der Waals surface area contributed by atoms with E-state index in [1.165, 1.54) is 14.2 Å². The van der Waals surface area contributed by atoms with Crippen LogP contribution >= 0.6 is 0 Å². The summed E-state index contributed by atoms with van der Waals surface area (Å²) in [5.74, 6) is 0.983. The molecule has 0 unspecified atom stereocenters. The van der Waals surface area contributed by atoms with Crippen LogP contribution in [0, 0.1) is 0 Å². The summed E-state index contributed by atoms with van der Waals surface area (Å²) in [5.41, 5.74) is 0.325. The van der Waals surface area contributed by atoms with Crippen molar-refractivity contribution < 1.29 is 19.0 Å². The summed E-state index contributed by atoms with van der Waals surface area (Å²) in [5, 5.41) is 0. The molecule has 2 rings (SSSR count). The molecule has 0 amide bonds. The highest BCUT2D eigenvalue weighted by atomic mass is 16.5. The number of carbonyl (C=O) groups excluding carboxylic acids is 1. The maximum atomic E-state index is 11.7. The van der Waals surface area contributed by atoms with Crippen molar-refractivity contribution in [3.63, 3.8) is 0 Å². The topological polar surface area (TPSA) is 44.8 Å². The summed E-state index contributed by atoms with van der Waals surface area (Å²) in [4.78, 5) is 11.7. The molecule has 4 heteroatoms. The molecular weight excluding hydrogens is 244 g/mol. The second kappa shape index (κ2) is 5.91. The Labute approximate surface area is 111 Å². The smallest absolute Gasteiger partial charge is 0.341 e. The summed E-state index contributed by atoms with van der Waals surface area (Å²) in [6, 6.07) is 14.3. The third-order valence-electron chi connectivity index (χ3n) is 2.57. The molecule has 0 aliphatic rings. The average molecular weight is 258 g/mol. The maximum absolute atomic E-state index is 11.7. The van der Waals surface area contributed by atoms with E-state index >= 15 is 0 Å². The third kappa shape index (κ3) is 2.85. The fourth-order valence-corrected chi connectivity index (χ4v) is 1.66. The number of hydrogen-bond acceptors (Lipinski definition) is 4. The Kier molecular flexibility index (Phi) is 4.03. The standard InChI is InChI=1S/C15H14O4/c1-17-13-10-6-9-12(15(16)18-2)14(13)19-11-7-4-3-5-8-11/h3-10H,1-2H3. The van der Waals surface area contributed by atoms with Gasteiger partial charge in [-0.1, -0.05) is 24.3 Å². The van der Waals surface area contributed by atoms with Crippen LogP contribution in [-0.4, -0.2) is 20.2 Å². The van der Waals surface area contributed by atoms with E-state index in [1.54, 1.807) is 30.3 Å². The van der Waals surface area contributed by atoms with Crippen molar-refractivity contribution in [2.45, 2.75) is 0 Å². The molecule has 98 valence electrons. The number of rotatable bonds is 4. The predicted molar refractivity (Wildman–Crippen MR) is 70.8 cm³/mol. The first kappa shape index (κ1) is 13.0. The lowest BCUT2D eigenvalue weighted by Crippen LogP contribution is -2.04. The molecule has 0 aliphatic heterocycles. The molecule has 0 fully saturated rings. The van der Waals surface area contributed by atoms with E-state index in [0.29, 0.717) is 22.8 Å². The van der Waals surface area contributed by atoms with Gasteiger partial charge in [-0.15, -0.1) is 0 Å². The number of ether oxygens (including phenoxy) is 3. The Morgan fingerprint density at radius 3 is 2.32 bits per heavy atom. The molecule has 0 aliphatic carbocycles. The number of hydrogen-bond donors (Lipinski definition) is 0. The zero-order valence-electron chi connectivity index (χ0n) is 10.8. The Morgan fingerprint density at radius 1 is 0.947 bits per heavy atom. The SMILES string of the molecule is COC(=O)c1cccc(OC)c1Oc1ccccc1. The van der Waals surface area contributed by atoms with Crippen molar-refractivity contribution in [1.29, 1.82) is 0 Å². The molecule has 0 spiro atoms. The van der Waals surface area contributed by atoms with E-state index in [-0.39, 0.29) is 0 Å². The molecule has 0 bridgehead atoms. The largest absolute Gasteiger partial charge is 0.493 e. The number of para-hydroxylation sites is 2. The molecule has 0 aromatic heterocycles. The second-order valence-electron chi connectivity index (χ2n) is 3.74. The van der Waals surface area contributed by atoms with Crippen LogP contribution in [0.25, 0.3) is 0 Å². The molecule has 2 aromatic carbocycles. The first-order chi connectivity index (χ1) is 9.26. The fraction of sp³-hybridized carbons (Fsp3) is 0.133. The van der Waals surface area contributed by atoms with E-state index < -0.39 is 5.97 Å². The number of esters is 1. The predicted octanol–water partition coefficient (Wildman–Crippen LogP) is 3.27. The summed E-state index contributed by atoms with van der Waals surface area (Å²) in [7, 11) is 2.85. The van der Waals surface area contributed by atoms with Gasteiger partial charge in [-0.3, -0.25) is 0 Å². The van der Waals surface area contributed by atoms with Crippen LogP contribution in [-0.2, 0) is 4.74 Å². The fourth-order valence-electron chi connectivity index (χ4n) is 1.66. The van der Waals surface area contributed by atoms with Crippen molar-refractivity contribution in [2.24, 2.45) is 0 Å². The summed E-state index contributed by atoms with van der Waals surface area (Å²) in [6.45, 7) is 0. The summed E-state index contributed by atoms with van der Waals surface area (Å²) >= 11 is 0. The normalized spacial score (nSPS) is 9.79. The van der Waals surface area contributed by atoms with E-state index in [4.69, 9.17) is 14.2 Å². The highest BCUT2D eigenvalue weighted by Gasteiger charge is 2.18. The minimum Gasteiger partial charge on any atom is -0.493 e. The molecule has 0 atom stereocenters. The lowest BCUT2D eigenvalue weighted by atomic mass is 10.2. The van der Waals surface area contributed by atoms with Gasteiger partial charge in [0, 0.05) is 0 Å². The van der Waals surface area contributed by atoms with Crippen molar-refractivity contribution in [2.75, 3.05) is 14.2 Å². The molecule has 0 heterocycles. The minimum atomic E-state index is -0.468. The van der Waals surface area contributed by atoms with Crippen molar-refractivity contribution in [3.05, 3.63) is 54.1 Å². The van der Waals surface area contributed by atoms with Crippen molar-refractivity contribution >= 4 is 5.97 Å². The molecule has 0 radical (unpaired) electrons. The number of carbonyl (C=O) groups is 1. The highest BCUT2D eigenvalue weighted by Crippen LogP contribution is 2.35. The number of methoxy groups -OCH3 is 2. The lowest BCUT2D eigenvalue weighted by Gasteiger charge is -2.13. The zero-order valence-corrected chi connectivity index (χ0v) is 10.8. The van der Waals surface area contributed by atoms with Crippen LogP contribution in [0.4, 0.5) is 0 Å². The van der Waals surface area contributed by atoms with Crippen LogP contribution in [0.15, 0.2) is 48.5 Å². The van der Waals surface area contributed by atoms with Crippen LogP contribution in [0.1, 0.15) is 10.4 Å². The summed E-state index contributed by atoms with van der Waals surface area (Å²) in [6.07, 6.45) is 0. The Morgan fingerprint density at radius 2 is 1.68 bits per heavy atom. The molecule has 0 saturated heterocycles. The van der Waals surface area contributed by atoms with E-state index in [1.807, 2.05) is 18.2 Å². The third-order valence-corrected chi connectivity index (χ3v) is 2.57. The van der Waals surface area contributed by atoms with Gasteiger partial charge >= 0.3 is 5.97 Å². The van der Waals surface area contributed by atoms with Gasteiger partial charge in [-0.2, -0.15) is 0 Å². The zero-order chi connectivity index (χ0) is 13.7. The molecule has 19 heavy (non-hydrogen) atoms. The van der Waals surface area contributed by atoms with Crippen molar-refractivity contribution in [3.8, 4) is 17.2 Å². The number of benzene rings is 2. The summed E-state index contributed by atoms with van der Waals surface area (Å²) < 4.78 is 15.7. The first-order valence-electron chi connectivity index (χ1n) is 5.74. The molecule has 0 N–H and O–H groups in total. The van der Waals surface area contributed by atoms with Gasteiger partial charge in [0.15, 0.2) is 11.5 Å². The van der Waals surface area contributed by atoms with Crippen LogP contribution in [0.5, 0.6) is 17.2 Å². The Balaban J connectivity index is 2.44. The maximum Gasteiger partial charge on any atom is 0.341 e. The monoisotopic (exact) mass is 258 g/mol. The van der Waals surface area contributed by atoms with Gasteiger partial charge in [-0.05, 0) is 24.3 Å². The van der Waals surface area contributed by atoms with Crippen LogP contribution in [0.3, 0.4) is 0 Å². The van der Waals surface area contributed by atoms with Gasteiger partial charge < -0.3 is 14.2 Å². The van der Waals surface area contributed by atoms with Gasteiger partial charge in [0.05, 0.1) is 14.2 Å². The molecular formula is C15H14O4. The van der Waals surface area contributed by atoms with Gasteiger partial charge in [-0.25, -0.2) is 4.79 Å². The van der Waals surface area contributed by atoms with E-state index in [0.717, 1.165) is 0 Å². The van der Waals surface area contributed by atoms with Crippen LogP contribution < -0.4 is 9.47 Å². The Bertz CT molecular complexity index is 564. The Hall–Kier alpha value is -2.49. The molecule has 0 saturated carbocycles. The average Bonchev–Trinajstić information content (AvgIpc) is 2.47. The minimum absolute atomic E-state index is 0.325. The van der Waals surface area contributed by atoms with Gasteiger partial charge in [0.1, 0.15) is 11.3 Å². The van der Waals surface area contributed by atoms with E-state index in [9.17, 15) is 4.79 Å². The van der Waals surface area contributed by atoms with Gasteiger partial charge in [0.2, 0.25) is 0 Å². The van der Waals surface area contributed by atoms with Gasteiger partial charge in [0.25, 0.3) is 0 Å². The van der Waals surface area contributed by atoms with E-state index in [2.05, 4.69) is 0 Å². The highest BCUT2D eigenvalue weighted by molar-refractivity contribution is 5.93. The second-order valence-corrected chi connectivity index (χ2v) is 3.74. The molecule has 4 nitrogen and oxygen atoms in total. The first-order valence-corrected chi connectivity index (χ1v) is 5.74. The van der Waals surface area contributed by atoms with Crippen LogP contribution in [0.2, 0.25) is 0 Å². The lowest BCUT2D eigenvalue weighted by molar-refractivity contribution is 0.0597.